The van der Waals surface area contributed by atoms with Crippen LogP contribution in [0.25, 0.3) is 11.1 Å². The number of hydrogen-bond donors (Lipinski definition) is 1. The second-order valence-electron chi connectivity index (χ2n) is 11.4. The van der Waals surface area contributed by atoms with Crippen molar-refractivity contribution in [1.82, 2.24) is 44.9 Å². The molecule has 2 fully saturated rings. The van der Waals surface area contributed by atoms with Crippen molar-refractivity contribution in [2.24, 2.45) is 0 Å². The van der Waals surface area contributed by atoms with Crippen LogP contribution in [0.15, 0.2) is 43.1 Å². The van der Waals surface area contributed by atoms with Crippen LogP contribution < -0.4 is 14.8 Å². The molecule has 4 heterocycles. The van der Waals surface area contributed by atoms with Crippen LogP contribution in [0.3, 0.4) is 0 Å². The van der Waals surface area contributed by atoms with Crippen LogP contribution in [-0.2, 0) is 11.3 Å². The number of rotatable bonds is 12. The van der Waals surface area contributed by atoms with E-state index in [1.807, 2.05) is 23.9 Å². The van der Waals surface area contributed by atoms with Gasteiger partial charge in [0.2, 0.25) is 5.95 Å². The first-order valence-electron chi connectivity index (χ1n) is 15.5. The van der Waals surface area contributed by atoms with Gasteiger partial charge in [0.25, 0.3) is 5.88 Å². The summed E-state index contributed by atoms with van der Waals surface area (Å²) in [6.45, 7) is 6.19. The summed E-state index contributed by atoms with van der Waals surface area (Å²) in [5.74, 6) is 1.25. The van der Waals surface area contributed by atoms with Crippen molar-refractivity contribution in [2.75, 3.05) is 38.2 Å². The van der Waals surface area contributed by atoms with Gasteiger partial charge in [-0.05, 0) is 60.7 Å². The van der Waals surface area contributed by atoms with Gasteiger partial charge in [-0.3, -0.25) is 9.58 Å². The van der Waals surface area contributed by atoms with Gasteiger partial charge in [-0.15, -0.1) is 10.2 Å². The molecule has 0 unspecified atom stereocenters. The normalized spacial score (nSPS) is 19.1. The summed E-state index contributed by atoms with van der Waals surface area (Å²) in [6.07, 6.45) is 11.1. The molecule has 1 aliphatic carbocycles. The van der Waals surface area contributed by atoms with Crippen molar-refractivity contribution in [3.05, 3.63) is 48.7 Å². The van der Waals surface area contributed by atoms with Gasteiger partial charge >= 0.3 is 0 Å². The van der Waals surface area contributed by atoms with Crippen LogP contribution in [0.4, 0.5) is 11.6 Å². The second kappa shape index (κ2) is 14.8. The Bertz CT molecular complexity index is 1650. The lowest BCUT2D eigenvalue weighted by Crippen LogP contribution is -2.45. The van der Waals surface area contributed by atoms with Crippen molar-refractivity contribution in [2.45, 2.75) is 63.8 Å². The Morgan fingerprint density at radius 1 is 1.07 bits per heavy atom. The molecule has 0 radical (unpaired) electrons. The molecule has 1 saturated carbocycles. The minimum Gasteiger partial charge on any atom is -0.487 e. The van der Waals surface area contributed by atoms with Crippen LogP contribution in [0.2, 0.25) is 0 Å². The van der Waals surface area contributed by atoms with Crippen LogP contribution in [0.1, 0.15) is 50.6 Å². The Hall–Kier alpha value is -5.12. The van der Waals surface area contributed by atoms with Crippen LogP contribution in [-0.4, -0.2) is 89.9 Å². The van der Waals surface area contributed by atoms with Gasteiger partial charge in [-0.2, -0.15) is 10.5 Å². The van der Waals surface area contributed by atoms with Gasteiger partial charge in [-0.25, -0.2) is 14.6 Å². The maximum atomic E-state index is 9.63. The molecule has 1 aromatic carbocycles. The molecule has 2 aliphatic rings. The molecule has 0 amide bonds. The van der Waals surface area contributed by atoms with Gasteiger partial charge in [0.05, 0.1) is 50.1 Å². The molecule has 4 aromatic rings. The first-order chi connectivity index (χ1) is 22.6. The molecule has 6 rings (SSSR count). The van der Waals surface area contributed by atoms with Crippen molar-refractivity contribution in [3.63, 3.8) is 0 Å². The summed E-state index contributed by atoms with van der Waals surface area (Å²) in [5.41, 5.74) is 2.62. The molecule has 1 atom stereocenters. The fraction of sp³-hybridized carbons (Fsp3) is 0.484. The van der Waals surface area contributed by atoms with Gasteiger partial charge in [0, 0.05) is 37.1 Å². The molecular formula is C31H36N12O3. The van der Waals surface area contributed by atoms with Crippen LogP contribution in [0.5, 0.6) is 11.6 Å². The van der Waals surface area contributed by atoms with Gasteiger partial charge in [0.15, 0.2) is 0 Å². The molecular weight excluding hydrogens is 588 g/mol. The summed E-state index contributed by atoms with van der Waals surface area (Å²) >= 11 is 0. The zero-order valence-electron chi connectivity index (χ0n) is 25.7. The minimum atomic E-state index is -0.279. The van der Waals surface area contributed by atoms with E-state index in [0.29, 0.717) is 41.4 Å². The third kappa shape index (κ3) is 7.56. The average Bonchev–Trinajstić information content (AvgIpc) is 3.75. The maximum Gasteiger partial charge on any atom is 0.256 e. The Morgan fingerprint density at radius 2 is 1.85 bits per heavy atom. The Kier molecular flexibility index (Phi) is 9.92. The molecule has 0 bridgehead atoms. The number of nitriles is 2. The molecule has 0 spiro atoms. The number of hydrogen-bond acceptors (Lipinski definition) is 13. The molecule has 3 aromatic heterocycles. The van der Waals surface area contributed by atoms with E-state index in [1.165, 1.54) is 6.33 Å². The van der Waals surface area contributed by atoms with Crippen molar-refractivity contribution in [1.29, 1.82) is 10.5 Å². The fourth-order valence-corrected chi connectivity index (χ4v) is 5.91. The number of ether oxygens (including phenoxy) is 3. The standard InChI is InChI=1S/C31H36N12O3/c1-22(19-42-21-36-39-40-42)46-29-15-23(3-4-24(29)16-33)25-17-34-31(35-18-25)37-28-20-43(38-30(28)45-12-2-9-32)27-7-5-26(6-8-27)41-10-13-44-14-11-41/h3-4,15,17-18,20-22,26-27H,2,5-8,10-14,19H2,1H3,(H,34,35,37)/t22-,26-,27-/m0/s1. The zero-order chi connectivity index (χ0) is 31.7. The van der Waals surface area contributed by atoms with E-state index in [2.05, 4.69) is 47.8 Å². The lowest BCUT2D eigenvalue weighted by molar-refractivity contribution is 0.00503. The number of aromatic nitrogens is 8. The smallest absolute Gasteiger partial charge is 0.256 e. The lowest BCUT2D eigenvalue weighted by Gasteiger charge is -2.38. The lowest BCUT2D eigenvalue weighted by atomic mass is 9.90. The van der Waals surface area contributed by atoms with E-state index in [0.717, 1.165) is 63.1 Å². The second-order valence-corrected chi connectivity index (χ2v) is 11.4. The number of tetrazole rings is 1. The molecule has 238 valence electrons. The van der Waals surface area contributed by atoms with E-state index in [9.17, 15) is 5.26 Å². The number of morpholine rings is 1. The van der Waals surface area contributed by atoms with Gasteiger partial charge in [-0.1, -0.05) is 6.07 Å². The first-order valence-corrected chi connectivity index (χ1v) is 15.5. The monoisotopic (exact) mass is 624 g/mol. The van der Waals surface area contributed by atoms with Gasteiger partial charge < -0.3 is 19.5 Å². The Balaban J connectivity index is 1.13. The van der Waals surface area contributed by atoms with Gasteiger partial charge in [0.1, 0.15) is 36.5 Å². The number of benzene rings is 1. The van der Waals surface area contributed by atoms with Crippen LogP contribution >= 0.6 is 0 Å². The largest absolute Gasteiger partial charge is 0.487 e. The molecule has 15 heteroatoms. The summed E-state index contributed by atoms with van der Waals surface area (Å²) in [6, 6.07) is 10.5. The summed E-state index contributed by atoms with van der Waals surface area (Å²) in [5, 5.41) is 37.8. The number of nitrogens with one attached hydrogen (secondary N) is 1. The summed E-state index contributed by atoms with van der Waals surface area (Å²) in [4.78, 5) is 11.6. The Labute approximate surface area is 266 Å². The molecule has 1 saturated heterocycles. The van der Waals surface area contributed by atoms with E-state index >= 15 is 0 Å². The Morgan fingerprint density at radius 3 is 2.57 bits per heavy atom. The average molecular weight is 625 g/mol. The highest BCUT2D eigenvalue weighted by Crippen LogP contribution is 2.35. The zero-order valence-corrected chi connectivity index (χ0v) is 25.7. The molecule has 46 heavy (non-hydrogen) atoms. The quantitative estimate of drug-likeness (QED) is 0.227. The fourth-order valence-electron chi connectivity index (χ4n) is 5.91. The highest BCUT2D eigenvalue weighted by Gasteiger charge is 2.29. The minimum absolute atomic E-state index is 0.239. The highest BCUT2D eigenvalue weighted by molar-refractivity contribution is 5.67. The van der Waals surface area contributed by atoms with Crippen molar-refractivity contribution >= 4 is 11.6 Å². The van der Waals surface area contributed by atoms with Crippen LogP contribution in [0, 0.1) is 22.7 Å². The van der Waals surface area contributed by atoms with E-state index in [-0.39, 0.29) is 25.2 Å². The SMILES string of the molecule is C[C@@H](Cn1cnnn1)Oc1cc(-c2cnc(Nc3cn([C@H]4CC[C@H](N5CCOCC5)CC4)nc3OCCC#N)nc2)ccc1C#N. The molecule has 15 nitrogen and oxygen atoms in total. The maximum absolute atomic E-state index is 9.63. The number of anilines is 2. The number of nitrogens with zero attached hydrogens (tertiary/aromatic N) is 11. The third-order valence-corrected chi connectivity index (χ3v) is 8.25. The molecule has 1 aliphatic heterocycles. The third-order valence-electron chi connectivity index (χ3n) is 8.25. The van der Waals surface area contributed by atoms with Crippen molar-refractivity contribution in [3.8, 4) is 34.9 Å². The summed E-state index contributed by atoms with van der Waals surface area (Å²) < 4.78 is 21.0. The van der Waals surface area contributed by atoms with E-state index < -0.39 is 0 Å². The molecule has 1 N–H and O–H groups in total. The predicted molar refractivity (Wildman–Crippen MR) is 165 cm³/mol. The first kappa shape index (κ1) is 30.9. The highest BCUT2D eigenvalue weighted by atomic mass is 16.5. The van der Waals surface area contributed by atoms with Crippen molar-refractivity contribution < 1.29 is 14.2 Å². The van der Waals surface area contributed by atoms with E-state index in [1.54, 1.807) is 29.2 Å². The topological polar surface area (TPSA) is 178 Å². The summed E-state index contributed by atoms with van der Waals surface area (Å²) in [7, 11) is 0. The predicted octanol–water partition coefficient (Wildman–Crippen LogP) is 3.52. The van der Waals surface area contributed by atoms with E-state index in [4.69, 9.17) is 24.6 Å².